The first-order valence-electron chi connectivity index (χ1n) is 4.89. The average Bonchev–Trinajstić information content (AvgIpc) is 1.97. The van der Waals surface area contributed by atoms with E-state index in [2.05, 4.69) is 10.9 Å². The van der Waals surface area contributed by atoms with Crippen molar-refractivity contribution in [3.8, 4) is 0 Å². The molecule has 0 rings (SSSR count). The number of ether oxygens (including phenoxy) is 1. The van der Waals surface area contributed by atoms with Gasteiger partial charge in [0.1, 0.15) is 5.60 Å². The van der Waals surface area contributed by atoms with Crippen molar-refractivity contribution in [3.63, 3.8) is 0 Å². The summed E-state index contributed by atoms with van der Waals surface area (Å²) in [5.41, 5.74) is 3.88. The molecule has 0 unspecified atom stereocenters. The van der Waals surface area contributed by atoms with Crippen molar-refractivity contribution in [2.75, 3.05) is 6.54 Å². The average molecular weight is 242 g/mol. The Balaban J connectivity index is 3.50. The summed E-state index contributed by atoms with van der Waals surface area (Å²) < 4.78 is 40.0. The summed E-state index contributed by atoms with van der Waals surface area (Å²) in [7, 11) is 0. The smallest absolute Gasteiger partial charge is 0.422 e. The van der Waals surface area contributed by atoms with Gasteiger partial charge in [0, 0.05) is 13.0 Å². The van der Waals surface area contributed by atoms with E-state index < -0.39 is 24.3 Å². The minimum Gasteiger partial charge on any atom is -0.443 e. The molecule has 7 heteroatoms. The minimum absolute atomic E-state index is 0.0404. The molecule has 1 amide bonds. The van der Waals surface area contributed by atoms with Gasteiger partial charge >= 0.3 is 12.3 Å². The number of hydrogen-bond donors (Lipinski definition) is 2. The predicted octanol–water partition coefficient (Wildman–Crippen LogP) is 2.36. The Hall–Kier alpha value is -0.980. The van der Waals surface area contributed by atoms with Crippen LogP contribution in [0.25, 0.3) is 0 Å². The Labute approximate surface area is 92.5 Å². The van der Waals surface area contributed by atoms with E-state index in [9.17, 15) is 18.0 Å². The normalized spacial score (nSPS) is 12.4. The first-order valence-corrected chi connectivity index (χ1v) is 4.89. The van der Waals surface area contributed by atoms with Crippen LogP contribution in [0.4, 0.5) is 18.0 Å². The van der Waals surface area contributed by atoms with Crippen LogP contribution in [0.5, 0.6) is 0 Å². The molecule has 0 aliphatic carbocycles. The molecule has 0 aromatic carbocycles. The van der Waals surface area contributed by atoms with Crippen molar-refractivity contribution in [3.05, 3.63) is 0 Å². The van der Waals surface area contributed by atoms with Crippen molar-refractivity contribution >= 4 is 6.09 Å². The number of hydrazine groups is 1. The summed E-state index contributed by atoms with van der Waals surface area (Å²) >= 11 is 0. The van der Waals surface area contributed by atoms with Gasteiger partial charge in [0.2, 0.25) is 0 Å². The molecular formula is C9H17F3N2O2. The molecule has 0 aromatic heterocycles. The molecule has 0 atom stereocenters. The summed E-state index contributed by atoms with van der Waals surface area (Å²) in [6, 6.07) is 0. The fourth-order valence-electron chi connectivity index (χ4n) is 0.816. The molecule has 0 radical (unpaired) electrons. The quantitative estimate of drug-likeness (QED) is 0.587. The monoisotopic (exact) mass is 242 g/mol. The Kier molecular flexibility index (Phi) is 5.57. The van der Waals surface area contributed by atoms with E-state index in [4.69, 9.17) is 4.74 Å². The molecule has 4 nitrogen and oxygen atoms in total. The van der Waals surface area contributed by atoms with E-state index >= 15 is 0 Å². The highest BCUT2D eigenvalue weighted by atomic mass is 19.4. The van der Waals surface area contributed by atoms with Crippen LogP contribution >= 0.6 is 0 Å². The zero-order chi connectivity index (χ0) is 12.8. The van der Waals surface area contributed by atoms with Crippen LogP contribution in [-0.4, -0.2) is 24.4 Å². The van der Waals surface area contributed by atoms with Gasteiger partial charge in [0.05, 0.1) is 0 Å². The molecule has 0 aliphatic heterocycles. The summed E-state index contributed by atoms with van der Waals surface area (Å²) in [6.07, 6.45) is -5.84. The lowest BCUT2D eigenvalue weighted by atomic mass is 10.2. The Morgan fingerprint density at radius 2 is 1.81 bits per heavy atom. The van der Waals surface area contributed by atoms with E-state index in [0.717, 1.165) is 0 Å². The van der Waals surface area contributed by atoms with Crippen LogP contribution in [0.2, 0.25) is 0 Å². The molecule has 0 aromatic rings. The fraction of sp³-hybridized carbons (Fsp3) is 0.889. The number of hydrogen-bond acceptors (Lipinski definition) is 3. The molecule has 0 saturated carbocycles. The Morgan fingerprint density at radius 3 is 2.25 bits per heavy atom. The van der Waals surface area contributed by atoms with Crippen molar-refractivity contribution in [2.45, 2.75) is 45.4 Å². The van der Waals surface area contributed by atoms with Gasteiger partial charge in [-0.3, -0.25) is 5.43 Å². The van der Waals surface area contributed by atoms with E-state index in [0.29, 0.717) is 0 Å². The van der Waals surface area contributed by atoms with Gasteiger partial charge in [-0.2, -0.15) is 13.2 Å². The van der Waals surface area contributed by atoms with Crippen LogP contribution in [0.1, 0.15) is 33.6 Å². The number of carbonyl (C=O) groups excluding carboxylic acids is 1. The molecule has 2 N–H and O–H groups in total. The number of nitrogens with one attached hydrogen (secondary N) is 2. The van der Waals surface area contributed by atoms with Crippen LogP contribution in [-0.2, 0) is 4.74 Å². The second-order valence-corrected chi connectivity index (χ2v) is 4.27. The lowest BCUT2D eigenvalue weighted by molar-refractivity contribution is -0.135. The summed E-state index contributed by atoms with van der Waals surface area (Å²) in [4.78, 5) is 11.0. The van der Waals surface area contributed by atoms with Crippen molar-refractivity contribution in [1.29, 1.82) is 0 Å². The number of carbonyl (C=O) groups is 1. The first kappa shape index (κ1) is 15.0. The molecular weight excluding hydrogens is 225 g/mol. The number of amides is 1. The van der Waals surface area contributed by atoms with Crippen LogP contribution in [0, 0.1) is 0 Å². The van der Waals surface area contributed by atoms with Crippen molar-refractivity contribution in [1.82, 2.24) is 10.9 Å². The number of alkyl halides is 3. The summed E-state index contributed by atoms with van der Waals surface area (Å²) in [5.74, 6) is 0. The Morgan fingerprint density at radius 1 is 1.25 bits per heavy atom. The van der Waals surface area contributed by atoms with E-state index in [1.165, 1.54) is 0 Å². The van der Waals surface area contributed by atoms with Crippen LogP contribution in [0.15, 0.2) is 0 Å². The zero-order valence-electron chi connectivity index (χ0n) is 9.57. The maximum absolute atomic E-state index is 11.7. The lowest BCUT2D eigenvalue weighted by Crippen LogP contribution is -2.41. The third-order valence-electron chi connectivity index (χ3n) is 1.35. The van der Waals surface area contributed by atoms with Crippen LogP contribution < -0.4 is 10.9 Å². The highest BCUT2D eigenvalue weighted by Gasteiger charge is 2.25. The van der Waals surface area contributed by atoms with Gasteiger partial charge in [-0.25, -0.2) is 10.2 Å². The molecule has 0 saturated heterocycles. The molecule has 0 spiro atoms. The second kappa shape index (κ2) is 5.93. The third-order valence-corrected chi connectivity index (χ3v) is 1.35. The maximum Gasteiger partial charge on any atom is 0.422 e. The molecule has 0 heterocycles. The molecule has 96 valence electrons. The molecule has 0 aliphatic rings. The fourth-order valence-corrected chi connectivity index (χ4v) is 0.816. The van der Waals surface area contributed by atoms with E-state index in [1.807, 2.05) is 0 Å². The minimum atomic E-state index is -4.16. The van der Waals surface area contributed by atoms with E-state index in [-0.39, 0.29) is 13.0 Å². The van der Waals surface area contributed by atoms with Gasteiger partial charge in [-0.1, -0.05) is 0 Å². The number of halogens is 3. The van der Waals surface area contributed by atoms with Crippen molar-refractivity contribution < 1.29 is 22.7 Å². The number of rotatable bonds is 4. The summed E-state index contributed by atoms with van der Waals surface area (Å²) in [6.45, 7) is 5.11. The van der Waals surface area contributed by atoms with E-state index in [1.54, 1.807) is 20.8 Å². The zero-order valence-corrected chi connectivity index (χ0v) is 9.57. The van der Waals surface area contributed by atoms with Gasteiger partial charge in [0.15, 0.2) is 0 Å². The predicted molar refractivity (Wildman–Crippen MR) is 52.7 cm³/mol. The first-order chi connectivity index (χ1) is 7.10. The van der Waals surface area contributed by atoms with Gasteiger partial charge in [0.25, 0.3) is 0 Å². The summed E-state index contributed by atoms with van der Waals surface area (Å²) in [5, 5.41) is 0. The highest BCUT2D eigenvalue weighted by Crippen LogP contribution is 2.20. The van der Waals surface area contributed by atoms with Gasteiger partial charge in [-0.05, 0) is 27.2 Å². The van der Waals surface area contributed by atoms with Crippen molar-refractivity contribution in [2.24, 2.45) is 0 Å². The lowest BCUT2D eigenvalue weighted by Gasteiger charge is -2.19. The maximum atomic E-state index is 11.7. The standard InChI is InChI=1S/C9H17F3N2O2/c1-8(2,3)16-7(15)14-13-6-4-5-9(10,11)12/h13H,4-6H2,1-3H3,(H,14,15). The topological polar surface area (TPSA) is 50.4 Å². The van der Waals surface area contributed by atoms with Crippen LogP contribution in [0.3, 0.4) is 0 Å². The van der Waals surface area contributed by atoms with Gasteiger partial charge in [-0.15, -0.1) is 0 Å². The molecule has 16 heavy (non-hydrogen) atoms. The van der Waals surface area contributed by atoms with Gasteiger partial charge < -0.3 is 4.74 Å². The third kappa shape index (κ3) is 11.1. The largest absolute Gasteiger partial charge is 0.443 e. The molecule has 0 fully saturated rings. The highest BCUT2D eigenvalue weighted by molar-refractivity contribution is 5.66. The Bertz CT molecular complexity index is 224. The molecule has 0 bridgehead atoms. The SMILES string of the molecule is CC(C)(C)OC(=O)NNCCCC(F)(F)F. The second-order valence-electron chi connectivity index (χ2n) is 4.27.